The van der Waals surface area contributed by atoms with E-state index in [0.717, 1.165) is 32.0 Å². The van der Waals surface area contributed by atoms with Gasteiger partial charge in [0.15, 0.2) is 0 Å². The smallest absolute Gasteiger partial charge is 0.410 e. The zero-order valence-electron chi connectivity index (χ0n) is 15.1. The maximum atomic E-state index is 12.2. The third kappa shape index (κ3) is 5.66. The van der Waals surface area contributed by atoms with Crippen molar-refractivity contribution >= 4 is 11.9 Å². The Bertz CT molecular complexity index is 446. The molecule has 0 aliphatic carbocycles. The largest absolute Gasteiger partial charge is 0.444 e. The Hall–Kier alpha value is -1.34. The zero-order chi connectivity index (χ0) is 17.0. The van der Waals surface area contributed by atoms with E-state index >= 15 is 0 Å². The van der Waals surface area contributed by atoms with Crippen LogP contribution in [-0.4, -0.2) is 98.2 Å². The summed E-state index contributed by atoms with van der Waals surface area (Å²) in [5.41, 5.74) is -0.464. The molecule has 0 aromatic heterocycles. The molecule has 0 aromatic rings. The minimum Gasteiger partial charge on any atom is -0.444 e. The van der Waals surface area contributed by atoms with E-state index in [4.69, 9.17) is 4.74 Å². The van der Waals surface area contributed by atoms with Gasteiger partial charge in [-0.2, -0.15) is 0 Å². The molecule has 2 aliphatic rings. The Balaban J connectivity index is 1.82. The van der Waals surface area contributed by atoms with Crippen LogP contribution in [-0.2, 0) is 4.74 Å². The van der Waals surface area contributed by atoms with Crippen LogP contribution in [0.1, 0.15) is 20.8 Å². The number of carbonyl (C=O) groups excluding carboxylic acids is 1. The van der Waals surface area contributed by atoms with E-state index in [-0.39, 0.29) is 6.09 Å². The summed E-state index contributed by atoms with van der Waals surface area (Å²) < 4.78 is 5.44. The van der Waals surface area contributed by atoms with Gasteiger partial charge in [-0.25, -0.2) is 4.79 Å². The summed E-state index contributed by atoms with van der Waals surface area (Å²) >= 11 is 0. The summed E-state index contributed by atoms with van der Waals surface area (Å²) in [4.78, 5) is 23.1. The molecular weight excluding hydrogens is 294 g/mol. The topological polar surface area (TPSA) is 60.4 Å². The lowest BCUT2D eigenvalue weighted by molar-refractivity contribution is 0.0276. The number of aliphatic imine (C=N–C) groups is 1. The molecule has 23 heavy (non-hydrogen) atoms. The second kappa shape index (κ2) is 7.49. The minimum absolute atomic E-state index is 0.263. The minimum atomic E-state index is -0.464. The number of amides is 1. The first-order valence-corrected chi connectivity index (χ1v) is 8.38. The summed E-state index contributed by atoms with van der Waals surface area (Å²) in [6.45, 7) is 11.5. The molecule has 1 N–H and O–H groups in total. The molecule has 132 valence electrons. The lowest BCUT2D eigenvalue weighted by Gasteiger charge is -2.38. The maximum absolute atomic E-state index is 12.2. The number of carbonyl (C=O) groups is 1. The van der Waals surface area contributed by atoms with Crippen LogP contribution in [0.15, 0.2) is 4.99 Å². The fourth-order valence-corrected chi connectivity index (χ4v) is 2.77. The molecule has 0 bridgehead atoms. The molecule has 2 rings (SSSR count). The van der Waals surface area contributed by atoms with Crippen LogP contribution in [0.5, 0.6) is 0 Å². The van der Waals surface area contributed by atoms with Crippen molar-refractivity contribution in [3.8, 4) is 0 Å². The monoisotopic (exact) mass is 325 g/mol. The van der Waals surface area contributed by atoms with Gasteiger partial charge in [0.25, 0.3) is 0 Å². The van der Waals surface area contributed by atoms with Crippen LogP contribution in [0.3, 0.4) is 0 Å². The van der Waals surface area contributed by atoms with Crippen molar-refractivity contribution in [2.24, 2.45) is 4.99 Å². The Labute approximate surface area is 139 Å². The average Bonchev–Trinajstić information content (AvgIpc) is 2.47. The molecule has 2 aliphatic heterocycles. The van der Waals surface area contributed by atoms with E-state index < -0.39 is 5.60 Å². The van der Waals surface area contributed by atoms with Gasteiger partial charge < -0.3 is 15.0 Å². The van der Waals surface area contributed by atoms with Crippen molar-refractivity contribution < 1.29 is 9.53 Å². The SMILES string of the molecule is CN1CCN(C)C(CNC2=NCCN(C(=O)OC(C)(C)C)C2)C1. The van der Waals surface area contributed by atoms with Gasteiger partial charge in [-0.3, -0.25) is 14.8 Å². The van der Waals surface area contributed by atoms with Crippen molar-refractivity contribution in [3.63, 3.8) is 0 Å². The van der Waals surface area contributed by atoms with Crippen LogP contribution < -0.4 is 5.32 Å². The highest BCUT2D eigenvalue weighted by molar-refractivity contribution is 5.87. The number of ether oxygens (including phenoxy) is 1. The van der Waals surface area contributed by atoms with Gasteiger partial charge in [0.05, 0.1) is 13.1 Å². The number of hydrogen-bond donors (Lipinski definition) is 1. The Kier molecular flexibility index (Phi) is 5.86. The molecule has 1 amide bonds. The molecule has 1 fully saturated rings. The number of nitrogens with zero attached hydrogens (tertiary/aromatic N) is 4. The van der Waals surface area contributed by atoms with Crippen LogP contribution in [0.25, 0.3) is 0 Å². The van der Waals surface area contributed by atoms with E-state index in [9.17, 15) is 4.79 Å². The summed E-state index contributed by atoms with van der Waals surface area (Å²) in [6, 6.07) is 0.466. The standard InChI is InChI=1S/C16H31N5O2/c1-16(2,3)23-15(22)21-7-6-17-14(12-21)18-10-13-11-19(4)8-9-20(13)5/h13H,6-12H2,1-5H3,(H,17,18). The number of likely N-dealkylation sites (N-methyl/N-ethyl adjacent to an activating group) is 2. The highest BCUT2D eigenvalue weighted by atomic mass is 16.6. The average molecular weight is 325 g/mol. The molecule has 2 heterocycles. The van der Waals surface area contributed by atoms with Gasteiger partial charge in [-0.1, -0.05) is 0 Å². The first kappa shape index (κ1) is 18.0. The van der Waals surface area contributed by atoms with E-state index in [1.54, 1.807) is 4.90 Å². The first-order chi connectivity index (χ1) is 10.7. The van der Waals surface area contributed by atoms with Crippen molar-refractivity contribution in [1.82, 2.24) is 20.0 Å². The molecule has 0 aromatic carbocycles. The van der Waals surface area contributed by atoms with Crippen molar-refractivity contribution in [2.45, 2.75) is 32.4 Å². The summed E-state index contributed by atoms with van der Waals surface area (Å²) in [7, 11) is 4.32. The highest BCUT2D eigenvalue weighted by Crippen LogP contribution is 2.11. The van der Waals surface area contributed by atoms with Gasteiger partial charge in [-0.15, -0.1) is 0 Å². The summed E-state index contributed by atoms with van der Waals surface area (Å²) in [5, 5.41) is 3.42. The van der Waals surface area contributed by atoms with Crippen molar-refractivity contribution in [3.05, 3.63) is 0 Å². The normalized spacial score (nSPS) is 24.3. The van der Waals surface area contributed by atoms with E-state index in [1.807, 2.05) is 20.8 Å². The maximum Gasteiger partial charge on any atom is 0.410 e. The second-order valence-electron chi connectivity index (χ2n) is 7.51. The predicted molar refractivity (Wildman–Crippen MR) is 92.0 cm³/mol. The fraction of sp³-hybridized carbons (Fsp3) is 0.875. The molecule has 0 saturated carbocycles. The van der Waals surface area contributed by atoms with Crippen LogP contribution in [0.2, 0.25) is 0 Å². The molecule has 1 atom stereocenters. The Morgan fingerprint density at radius 1 is 1.30 bits per heavy atom. The van der Waals surface area contributed by atoms with Crippen LogP contribution in [0.4, 0.5) is 4.79 Å². The second-order valence-corrected chi connectivity index (χ2v) is 7.51. The van der Waals surface area contributed by atoms with Crippen molar-refractivity contribution in [1.29, 1.82) is 0 Å². The molecule has 0 spiro atoms. The summed E-state index contributed by atoms with van der Waals surface area (Å²) in [6.07, 6.45) is -0.263. The van der Waals surface area contributed by atoms with Crippen LogP contribution >= 0.6 is 0 Å². The third-order valence-electron chi connectivity index (χ3n) is 4.19. The molecule has 1 saturated heterocycles. The van der Waals surface area contributed by atoms with Gasteiger partial charge in [0.1, 0.15) is 11.4 Å². The Morgan fingerprint density at radius 3 is 2.74 bits per heavy atom. The number of hydrogen-bond acceptors (Lipinski definition) is 6. The zero-order valence-corrected chi connectivity index (χ0v) is 15.1. The lowest BCUT2D eigenvalue weighted by atomic mass is 10.2. The van der Waals surface area contributed by atoms with Gasteiger partial charge in [-0.05, 0) is 34.9 Å². The van der Waals surface area contributed by atoms with Crippen molar-refractivity contribution in [2.75, 3.05) is 59.9 Å². The van der Waals surface area contributed by atoms with Gasteiger partial charge >= 0.3 is 6.09 Å². The molecule has 7 heteroatoms. The third-order valence-corrected chi connectivity index (χ3v) is 4.19. The number of piperazine rings is 1. The fourth-order valence-electron chi connectivity index (χ4n) is 2.77. The molecule has 0 radical (unpaired) electrons. The molecule has 1 unspecified atom stereocenters. The van der Waals surface area contributed by atoms with E-state index in [1.165, 1.54) is 0 Å². The van der Waals surface area contributed by atoms with Gasteiger partial charge in [0, 0.05) is 38.8 Å². The molecular formula is C16H31N5O2. The Morgan fingerprint density at radius 2 is 2.04 bits per heavy atom. The summed E-state index contributed by atoms with van der Waals surface area (Å²) in [5.74, 6) is 0.878. The quantitative estimate of drug-likeness (QED) is 0.800. The van der Waals surface area contributed by atoms with Crippen LogP contribution in [0, 0.1) is 0 Å². The number of nitrogens with one attached hydrogen (secondary N) is 1. The van der Waals surface area contributed by atoms with E-state index in [0.29, 0.717) is 25.7 Å². The molecule has 7 nitrogen and oxygen atoms in total. The number of amidine groups is 1. The highest BCUT2D eigenvalue weighted by Gasteiger charge is 2.26. The lowest BCUT2D eigenvalue weighted by Crippen LogP contribution is -2.55. The van der Waals surface area contributed by atoms with Gasteiger partial charge in [0.2, 0.25) is 0 Å². The first-order valence-electron chi connectivity index (χ1n) is 8.38. The number of rotatable bonds is 2. The van der Waals surface area contributed by atoms with E-state index in [2.05, 4.69) is 34.2 Å². The predicted octanol–water partition coefficient (Wildman–Crippen LogP) is 0.471.